The summed E-state index contributed by atoms with van der Waals surface area (Å²) in [7, 11) is 0. The Balaban J connectivity index is 2.60. The monoisotopic (exact) mass is 237 g/mol. The van der Waals surface area contributed by atoms with E-state index in [0.717, 1.165) is 6.07 Å². The first-order valence-electron chi connectivity index (χ1n) is 4.52. The van der Waals surface area contributed by atoms with Crippen LogP contribution in [0.4, 0.5) is 8.78 Å². The Morgan fingerprint density at radius 2 is 1.94 bits per heavy atom. The van der Waals surface area contributed by atoms with E-state index >= 15 is 0 Å². The maximum Gasteiger partial charge on any atom is 0.269 e. The van der Waals surface area contributed by atoms with E-state index in [1.807, 2.05) is 0 Å². The molecular weight excluding hydrogens is 232 g/mol. The number of rotatable bonds is 2. The standard InChI is InChI=1S/C11H5F2NO3/c12-9-6(5-15)3-7(10(13)8(9)4-14)11-16-1-2-17-11/h1-3,5,11H. The van der Waals surface area contributed by atoms with Crippen LogP contribution in [-0.4, -0.2) is 6.29 Å². The van der Waals surface area contributed by atoms with Gasteiger partial charge in [-0.3, -0.25) is 4.79 Å². The second kappa shape index (κ2) is 4.22. The fourth-order valence-electron chi connectivity index (χ4n) is 1.42. The van der Waals surface area contributed by atoms with Crippen molar-refractivity contribution in [3.05, 3.63) is 46.9 Å². The predicted octanol–water partition coefficient (Wildman–Crippen LogP) is 2.17. The van der Waals surface area contributed by atoms with Crippen LogP contribution < -0.4 is 0 Å². The van der Waals surface area contributed by atoms with Crippen LogP contribution in [0.3, 0.4) is 0 Å². The Morgan fingerprint density at radius 1 is 1.29 bits per heavy atom. The van der Waals surface area contributed by atoms with Gasteiger partial charge in [-0.2, -0.15) is 5.26 Å². The van der Waals surface area contributed by atoms with Gasteiger partial charge in [-0.25, -0.2) is 8.78 Å². The number of nitriles is 1. The molecule has 0 amide bonds. The summed E-state index contributed by atoms with van der Waals surface area (Å²) < 4.78 is 36.9. The van der Waals surface area contributed by atoms with Gasteiger partial charge < -0.3 is 9.47 Å². The fourth-order valence-corrected chi connectivity index (χ4v) is 1.42. The molecule has 1 heterocycles. The molecule has 1 aliphatic rings. The molecule has 0 unspecified atom stereocenters. The van der Waals surface area contributed by atoms with Crippen LogP contribution in [-0.2, 0) is 9.47 Å². The highest BCUT2D eigenvalue weighted by Gasteiger charge is 2.26. The second-order valence-corrected chi connectivity index (χ2v) is 3.16. The number of nitrogens with zero attached hydrogens (tertiary/aromatic N) is 1. The summed E-state index contributed by atoms with van der Waals surface area (Å²) in [6.07, 6.45) is 1.45. The van der Waals surface area contributed by atoms with Gasteiger partial charge >= 0.3 is 0 Å². The molecule has 0 aromatic heterocycles. The van der Waals surface area contributed by atoms with Gasteiger partial charge in [0, 0.05) is 0 Å². The van der Waals surface area contributed by atoms with E-state index in [-0.39, 0.29) is 11.8 Å². The van der Waals surface area contributed by atoms with Gasteiger partial charge in [0.15, 0.2) is 17.9 Å². The lowest BCUT2D eigenvalue weighted by Crippen LogP contribution is -2.07. The largest absolute Gasteiger partial charge is 0.455 e. The summed E-state index contributed by atoms with van der Waals surface area (Å²) in [6, 6.07) is 2.32. The van der Waals surface area contributed by atoms with Gasteiger partial charge in [0.1, 0.15) is 24.2 Å². The fraction of sp³-hybridized carbons (Fsp3) is 0.0909. The van der Waals surface area contributed by atoms with Crippen molar-refractivity contribution in [2.75, 3.05) is 0 Å². The maximum atomic E-state index is 13.7. The zero-order valence-corrected chi connectivity index (χ0v) is 8.31. The van der Waals surface area contributed by atoms with Gasteiger partial charge in [-0.05, 0) is 6.07 Å². The number of aldehydes is 1. The molecule has 1 aliphatic heterocycles. The summed E-state index contributed by atoms with van der Waals surface area (Å²) in [5.74, 6) is -2.28. The highest BCUT2D eigenvalue weighted by Crippen LogP contribution is 2.30. The maximum absolute atomic E-state index is 13.7. The first-order valence-corrected chi connectivity index (χ1v) is 4.52. The minimum Gasteiger partial charge on any atom is -0.455 e. The molecule has 0 saturated heterocycles. The van der Waals surface area contributed by atoms with E-state index in [1.165, 1.54) is 18.6 Å². The zero-order valence-electron chi connectivity index (χ0n) is 8.31. The highest BCUT2D eigenvalue weighted by atomic mass is 19.1. The quantitative estimate of drug-likeness (QED) is 0.739. The summed E-state index contributed by atoms with van der Waals surface area (Å²) in [5.41, 5.74) is -1.45. The molecule has 0 bridgehead atoms. The molecule has 4 nitrogen and oxygen atoms in total. The summed E-state index contributed by atoms with van der Waals surface area (Å²) in [6.45, 7) is 0. The smallest absolute Gasteiger partial charge is 0.269 e. The number of carbonyl (C=O) groups is 1. The van der Waals surface area contributed by atoms with Crippen molar-refractivity contribution >= 4 is 6.29 Å². The molecule has 0 spiro atoms. The molecule has 6 heteroatoms. The Kier molecular flexibility index (Phi) is 2.75. The van der Waals surface area contributed by atoms with Crippen molar-refractivity contribution in [3.8, 4) is 6.07 Å². The van der Waals surface area contributed by atoms with Crippen LogP contribution in [0.5, 0.6) is 0 Å². The van der Waals surface area contributed by atoms with Gasteiger partial charge in [-0.1, -0.05) is 0 Å². The molecule has 0 fully saturated rings. The number of benzene rings is 1. The molecular formula is C11H5F2NO3. The van der Waals surface area contributed by atoms with Gasteiger partial charge in [-0.15, -0.1) is 0 Å². The molecule has 0 saturated carbocycles. The average Bonchev–Trinajstić information content (AvgIpc) is 2.83. The minimum atomic E-state index is -1.19. The predicted molar refractivity (Wildman–Crippen MR) is 50.5 cm³/mol. The topological polar surface area (TPSA) is 59.3 Å². The molecule has 0 atom stereocenters. The number of ether oxygens (including phenoxy) is 2. The number of hydrogen-bond acceptors (Lipinski definition) is 4. The normalized spacial score (nSPS) is 13.9. The molecule has 1 aromatic rings. The Bertz CT molecular complexity index is 541. The minimum absolute atomic E-state index is 0.196. The van der Waals surface area contributed by atoms with Crippen molar-refractivity contribution in [2.45, 2.75) is 6.29 Å². The molecule has 2 rings (SSSR count). The van der Waals surface area contributed by atoms with Crippen molar-refractivity contribution in [1.29, 1.82) is 5.26 Å². The summed E-state index contributed by atoms with van der Waals surface area (Å²) in [4.78, 5) is 10.6. The van der Waals surface area contributed by atoms with Gasteiger partial charge in [0.25, 0.3) is 6.29 Å². The van der Waals surface area contributed by atoms with Crippen molar-refractivity contribution in [2.24, 2.45) is 0 Å². The molecule has 1 aromatic carbocycles. The van der Waals surface area contributed by atoms with E-state index in [9.17, 15) is 13.6 Å². The number of halogens is 2. The Hall–Kier alpha value is -2.42. The summed E-state index contributed by atoms with van der Waals surface area (Å²) in [5, 5.41) is 8.64. The van der Waals surface area contributed by atoms with Crippen LogP contribution in [0.15, 0.2) is 18.6 Å². The van der Waals surface area contributed by atoms with Crippen LogP contribution in [0.1, 0.15) is 27.8 Å². The highest BCUT2D eigenvalue weighted by molar-refractivity contribution is 5.76. The first kappa shape index (κ1) is 11.1. The third-order valence-electron chi connectivity index (χ3n) is 2.21. The average molecular weight is 237 g/mol. The molecule has 0 N–H and O–H groups in total. The van der Waals surface area contributed by atoms with Crippen molar-refractivity contribution < 1.29 is 23.0 Å². The third kappa shape index (κ3) is 1.72. The van der Waals surface area contributed by atoms with Crippen LogP contribution in [0, 0.1) is 23.0 Å². The lowest BCUT2D eigenvalue weighted by atomic mass is 10.0. The van der Waals surface area contributed by atoms with Gasteiger partial charge in [0.05, 0.1) is 11.1 Å². The lowest BCUT2D eigenvalue weighted by molar-refractivity contribution is -0.0272. The van der Waals surface area contributed by atoms with Gasteiger partial charge in [0.2, 0.25) is 0 Å². The van der Waals surface area contributed by atoms with E-state index < -0.39 is 29.1 Å². The molecule has 86 valence electrons. The van der Waals surface area contributed by atoms with E-state index in [1.54, 1.807) is 0 Å². The number of carbonyl (C=O) groups excluding carboxylic acids is 1. The van der Waals surface area contributed by atoms with E-state index in [4.69, 9.17) is 14.7 Å². The first-order chi connectivity index (χ1) is 8.19. The molecule has 0 radical (unpaired) electrons. The zero-order chi connectivity index (χ0) is 12.4. The van der Waals surface area contributed by atoms with Crippen molar-refractivity contribution in [1.82, 2.24) is 0 Å². The van der Waals surface area contributed by atoms with Crippen LogP contribution >= 0.6 is 0 Å². The number of hydrogen-bond donors (Lipinski definition) is 0. The lowest BCUT2D eigenvalue weighted by Gasteiger charge is -2.13. The van der Waals surface area contributed by atoms with E-state index in [0.29, 0.717) is 0 Å². The Morgan fingerprint density at radius 3 is 2.47 bits per heavy atom. The van der Waals surface area contributed by atoms with E-state index in [2.05, 4.69) is 0 Å². The SMILES string of the molecule is N#Cc1c(F)c(C=O)cc(C2OC=CO2)c1F. The van der Waals surface area contributed by atoms with Crippen molar-refractivity contribution in [3.63, 3.8) is 0 Å². The Labute approximate surface area is 94.7 Å². The van der Waals surface area contributed by atoms with Crippen LogP contribution in [0.25, 0.3) is 0 Å². The molecule has 0 aliphatic carbocycles. The third-order valence-corrected chi connectivity index (χ3v) is 2.21. The molecule has 17 heavy (non-hydrogen) atoms. The second-order valence-electron chi connectivity index (χ2n) is 3.16. The summed E-state index contributed by atoms with van der Waals surface area (Å²) >= 11 is 0. The van der Waals surface area contributed by atoms with Crippen LogP contribution in [0.2, 0.25) is 0 Å².